The van der Waals surface area contributed by atoms with Crippen LogP contribution in [-0.2, 0) is 0 Å². The molecule has 4 aliphatic rings. The highest BCUT2D eigenvalue weighted by Crippen LogP contribution is 2.65. The second kappa shape index (κ2) is 6.03. The van der Waals surface area contributed by atoms with Crippen LogP contribution >= 0.6 is 0 Å². The first-order valence-corrected chi connectivity index (χ1v) is 10.3. The first-order valence-electron chi connectivity index (χ1n) is 10.3. The van der Waals surface area contributed by atoms with E-state index in [1.165, 1.54) is 25.7 Å². The summed E-state index contributed by atoms with van der Waals surface area (Å²) in [7, 11) is 0. The van der Waals surface area contributed by atoms with Gasteiger partial charge in [-0.3, -0.25) is 0 Å². The van der Waals surface area contributed by atoms with Crippen LogP contribution < -0.4 is 0 Å². The van der Waals surface area contributed by atoms with Crippen LogP contribution in [0.15, 0.2) is 0 Å². The van der Waals surface area contributed by atoms with E-state index in [2.05, 4.69) is 19.8 Å². The summed E-state index contributed by atoms with van der Waals surface area (Å²) in [4.78, 5) is 0. The van der Waals surface area contributed by atoms with Gasteiger partial charge in [0.25, 0.3) is 0 Å². The van der Waals surface area contributed by atoms with E-state index in [0.717, 1.165) is 43.4 Å². The van der Waals surface area contributed by atoms with Crippen molar-refractivity contribution in [1.29, 1.82) is 0 Å². The van der Waals surface area contributed by atoms with Gasteiger partial charge >= 0.3 is 0 Å². The van der Waals surface area contributed by atoms with E-state index in [9.17, 15) is 10.2 Å². The van der Waals surface area contributed by atoms with Crippen molar-refractivity contribution in [1.82, 2.24) is 0 Å². The molecule has 0 bridgehead atoms. The molecule has 0 aromatic rings. The molecule has 0 heterocycles. The molecular weight excluding hydrogens is 296 g/mol. The fourth-order valence-electron chi connectivity index (χ4n) is 7.63. The maximum atomic E-state index is 10.7. The summed E-state index contributed by atoms with van der Waals surface area (Å²) in [5, 5.41) is 20.9. The predicted molar refractivity (Wildman–Crippen MR) is 96.0 cm³/mol. The van der Waals surface area contributed by atoms with E-state index in [0.29, 0.717) is 23.7 Å². The Labute approximate surface area is 147 Å². The number of terminal acetylenes is 1. The standard InChI is InChI=1S/C22H34O2/c1-4-13(2)18-12-22(3)19(9-10-20(22)24)17-7-5-14-11-15(23)6-8-16(14)21(17)18/h1,13-21,23-24H,5-12H2,2-3H3/t13?,14?,15?,16-,17-,18+,19-,20-,21+,22-/m0/s1. The van der Waals surface area contributed by atoms with Gasteiger partial charge in [-0.1, -0.05) is 13.8 Å². The molecule has 0 radical (unpaired) electrons. The highest BCUT2D eigenvalue weighted by molar-refractivity contribution is 5.11. The highest BCUT2D eigenvalue weighted by atomic mass is 16.3. The molecule has 0 saturated heterocycles. The quantitative estimate of drug-likeness (QED) is 0.717. The number of aliphatic hydroxyl groups excluding tert-OH is 2. The predicted octanol–water partition coefficient (Wildman–Crippen LogP) is 3.86. The van der Waals surface area contributed by atoms with Crippen molar-refractivity contribution >= 4 is 0 Å². The van der Waals surface area contributed by atoms with Gasteiger partial charge < -0.3 is 10.2 Å². The van der Waals surface area contributed by atoms with E-state index in [1.54, 1.807) is 0 Å². The molecule has 4 fully saturated rings. The second-order valence-corrected chi connectivity index (χ2v) is 9.74. The average molecular weight is 331 g/mol. The Balaban J connectivity index is 1.69. The number of hydrogen-bond donors (Lipinski definition) is 2. The summed E-state index contributed by atoms with van der Waals surface area (Å²) in [5.74, 6) is 7.53. The van der Waals surface area contributed by atoms with Gasteiger partial charge in [-0.05, 0) is 92.3 Å². The molecule has 0 aliphatic heterocycles. The summed E-state index contributed by atoms with van der Waals surface area (Å²) in [6.07, 6.45) is 14.7. The van der Waals surface area contributed by atoms with Crippen molar-refractivity contribution in [2.75, 3.05) is 0 Å². The van der Waals surface area contributed by atoms with Gasteiger partial charge in [0.05, 0.1) is 12.2 Å². The lowest BCUT2D eigenvalue weighted by atomic mass is 9.46. The Bertz CT molecular complexity index is 523. The lowest BCUT2D eigenvalue weighted by Crippen LogP contribution is -2.54. The maximum absolute atomic E-state index is 10.7. The third-order valence-electron chi connectivity index (χ3n) is 8.82. The van der Waals surface area contributed by atoms with Crippen LogP contribution in [0.5, 0.6) is 0 Å². The Hall–Kier alpha value is -0.520. The first kappa shape index (κ1) is 16.9. The van der Waals surface area contributed by atoms with Gasteiger partial charge in [0.1, 0.15) is 0 Å². The number of hydrogen-bond acceptors (Lipinski definition) is 2. The monoisotopic (exact) mass is 330 g/mol. The average Bonchev–Trinajstić information content (AvgIpc) is 2.88. The maximum Gasteiger partial charge on any atom is 0.0596 e. The molecule has 0 amide bonds. The fourth-order valence-corrected chi connectivity index (χ4v) is 7.63. The van der Waals surface area contributed by atoms with Crippen molar-refractivity contribution < 1.29 is 10.2 Å². The Kier molecular flexibility index (Phi) is 4.25. The summed E-state index contributed by atoms with van der Waals surface area (Å²) in [6, 6.07) is 0. The lowest BCUT2D eigenvalue weighted by molar-refractivity contribution is -0.127. The van der Waals surface area contributed by atoms with Crippen LogP contribution in [0.3, 0.4) is 0 Å². The van der Waals surface area contributed by atoms with Crippen molar-refractivity contribution in [2.45, 2.75) is 77.4 Å². The van der Waals surface area contributed by atoms with Crippen LogP contribution in [-0.4, -0.2) is 22.4 Å². The second-order valence-electron chi connectivity index (χ2n) is 9.74. The van der Waals surface area contributed by atoms with Crippen LogP contribution in [0.25, 0.3) is 0 Å². The van der Waals surface area contributed by atoms with Gasteiger partial charge in [-0.15, -0.1) is 12.3 Å². The van der Waals surface area contributed by atoms with E-state index < -0.39 is 0 Å². The van der Waals surface area contributed by atoms with Gasteiger partial charge in [0.2, 0.25) is 0 Å². The smallest absolute Gasteiger partial charge is 0.0596 e. The van der Waals surface area contributed by atoms with Crippen molar-refractivity contribution in [2.24, 2.45) is 46.8 Å². The zero-order valence-electron chi connectivity index (χ0n) is 15.3. The summed E-state index contributed by atoms with van der Waals surface area (Å²) < 4.78 is 0. The molecular formula is C22H34O2. The molecule has 3 unspecified atom stereocenters. The zero-order chi connectivity index (χ0) is 17.1. The lowest BCUT2D eigenvalue weighted by Gasteiger charge is -2.59. The molecule has 10 atom stereocenters. The van der Waals surface area contributed by atoms with Crippen molar-refractivity contribution in [3.63, 3.8) is 0 Å². The molecule has 0 aromatic carbocycles. The molecule has 0 aromatic heterocycles. The summed E-state index contributed by atoms with van der Waals surface area (Å²) in [5.41, 5.74) is 0.0813. The number of aliphatic hydroxyl groups is 2. The Morgan fingerprint density at radius 1 is 1.04 bits per heavy atom. The third kappa shape index (κ3) is 2.38. The first-order chi connectivity index (χ1) is 11.5. The molecule has 4 aliphatic carbocycles. The number of fused-ring (bicyclic) bond motifs is 5. The molecule has 4 saturated carbocycles. The van der Waals surface area contributed by atoms with E-state index in [-0.39, 0.29) is 17.6 Å². The van der Waals surface area contributed by atoms with E-state index in [4.69, 9.17) is 6.42 Å². The zero-order valence-corrected chi connectivity index (χ0v) is 15.3. The minimum Gasteiger partial charge on any atom is -0.393 e. The fraction of sp³-hybridized carbons (Fsp3) is 0.909. The normalized spacial score (nSPS) is 55.0. The Morgan fingerprint density at radius 3 is 2.54 bits per heavy atom. The van der Waals surface area contributed by atoms with Gasteiger partial charge in [-0.25, -0.2) is 0 Å². The summed E-state index contributed by atoms with van der Waals surface area (Å²) >= 11 is 0. The third-order valence-corrected chi connectivity index (χ3v) is 8.82. The van der Waals surface area contributed by atoms with Crippen LogP contribution in [0.1, 0.15) is 65.2 Å². The molecule has 0 spiro atoms. The largest absolute Gasteiger partial charge is 0.393 e. The Morgan fingerprint density at radius 2 is 1.79 bits per heavy atom. The van der Waals surface area contributed by atoms with Gasteiger partial charge in [0.15, 0.2) is 0 Å². The molecule has 2 heteroatoms. The highest BCUT2D eigenvalue weighted by Gasteiger charge is 2.60. The van der Waals surface area contributed by atoms with E-state index >= 15 is 0 Å². The topological polar surface area (TPSA) is 40.5 Å². The van der Waals surface area contributed by atoms with E-state index in [1.807, 2.05) is 0 Å². The molecule has 134 valence electrons. The molecule has 24 heavy (non-hydrogen) atoms. The summed E-state index contributed by atoms with van der Waals surface area (Å²) in [6.45, 7) is 4.58. The van der Waals surface area contributed by atoms with Crippen LogP contribution in [0.4, 0.5) is 0 Å². The minimum absolute atomic E-state index is 0.0755. The SMILES string of the molecule is C#CC(C)[C@H]1C[C@]2(C)[C@@H](O)CC[C@H]2[C@@H]2CCC3CC(O)CC[C@@H]3[C@H]21. The number of rotatable bonds is 1. The van der Waals surface area contributed by atoms with Crippen molar-refractivity contribution in [3.05, 3.63) is 0 Å². The minimum atomic E-state index is -0.137. The van der Waals surface area contributed by atoms with Gasteiger partial charge in [0, 0.05) is 5.92 Å². The van der Waals surface area contributed by atoms with Crippen molar-refractivity contribution in [3.8, 4) is 12.3 Å². The molecule has 4 rings (SSSR count). The van der Waals surface area contributed by atoms with Crippen LogP contribution in [0, 0.1) is 59.2 Å². The van der Waals surface area contributed by atoms with Gasteiger partial charge in [-0.2, -0.15) is 0 Å². The molecule has 2 N–H and O–H groups in total. The van der Waals surface area contributed by atoms with Crippen LogP contribution in [0.2, 0.25) is 0 Å². The molecule has 2 nitrogen and oxygen atoms in total.